The van der Waals surface area contributed by atoms with Crippen molar-refractivity contribution in [2.75, 3.05) is 0 Å². The van der Waals surface area contributed by atoms with Gasteiger partial charge in [0.05, 0.1) is 6.54 Å². The number of benzene rings is 2. The predicted octanol–water partition coefficient (Wildman–Crippen LogP) is 4.32. The molecule has 1 heterocycles. The Morgan fingerprint density at radius 1 is 0.957 bits per heavy atom. The van der Waals surface area contributed by atoms with Crippen LogP contribution in [0.4, 0.5) is 13.2 Å². The Kier molecular flexibility index (Phi) is 3.90. The van der Waals surface area contributed by atoms with Crippen LogP contribution in [-0.4, -0.2) is 15.0 Å². The highest BCUT2D eigenvalue weighted by Gasteiger charge is 2.39. The highest BCUT2D eigenvalue weighted by molar-refractivity contribution is 5.62. The van der Waals surface area contributed by atoms with Gasteiger partial charge in [-0.15, -0.1) is 5.10 Å². The van der Waals surface area contributed by atoms with Gasteiger partial charge in [0.15, 0.2) is 5.69 Å². The van der Waals surface area contributed by atoms with Crippen molar-refractivity contribution in [2.45, 2.75) is 19.6 Å². The van der Waals surface area contributed by atoms with Crippen LogP contribution in [0.15, 0.2) is 54.6 Å². The highest BCUT2D eigenvalue weighted by Crippen LogP contribution is 2.36. The molecular formula is C17H14F3N3. The van der Waals surface area contributed by atoms with Gasteiger partial charge in [-0.25, -0.2) is 4.68 Å². The summed E-state index contributed by atoms with van der Waals surface area (Å²) in [6, 6.07) is 15.6. The SMILES string of the molecule is Cc1ccc(-c2nnn(Cc3ccccc3)c2C(F)(F)F)cc1. The zero-order valence-electron chi connectivity index (χ0n) is 12.4. The third kappa shape index (κ3) is 3.26. The molecule has 0 N–H and O–H groups in total. The standard InChI is InChI=1S/C17H14F3N3/c1-12-7-9-14(10-8-12)15-16(17(18,19)20)23(22-21-15)11-13-5-3-2-4-6-13/h2-10H,11H2,1H3. The van der Waals surface area contributed by atoms with E-state index in [4.69, 9.17) is 0 Å². The second kappa shape index (κ2) is 5.87. The molecule has 23 heavy (non-hydrogen) atoms. The van der Waals surface area contributed by atoms with E-state index in [1.165, 1.54) is 0 Å². The quantitative estimate of drug-likeness (QED) is 0.720. The Morgan fingerprint density at radius 2 is 1.61 bits per heavy atom. The molecule has 2 aromatic carbocycles. The molecule has 0 aliphatic rings. The molecule has 0 spiro atoms. The molecule has 0 saturated carbocycles. The lowest BCUT2D eigenvalue weighted by atomic mass is 10.1. The molecule has 3 aromatic rings. The fourth-order valence-electron chi connectivity index (χ4n) is 2.37. The Balaban J connectivity index is 2.06. The van der Waals surface area contributed by atoms with Crippen LogP contribution < -0.4 is 0 Å². The van der Waals surface area contributed by atoms with E-state index >= 15 is 0 Å². The first kappa shape index (κ1) is 15.3. The average molecular weight is 317 g/mol. The van der Waals surface area contributed by atoms with Crippen molar-refractivity contribution in [1.29, 1.82) is 0 Å². The largest absolute Gasteiger partial charge is 0.435 e. The van der Waals surface area contributed by atoms with Gasteiger partial charge in [-0.1, -0.05) is 65.4 Å². The molecule has 0 bridgehead atoms. The van der Waals surface area contributed by atoms with Gasteiger partial charge in [0.1, 0.15) is 5.69 Å². The molecule has 0 fully saturated rings. The number of hydrogen-bond donors (Lipinski definition) is 0. The summed E-state index contributed by atoms with van der Waals surface area (Å²) in [5, 5.41) is 7.50. The number of aryl methyl sites for hydroxylation is 1. The van der Waals surface area contributed by atoms with Crippen molar-refractivity contribution >= 4 is 0 Å². The van der Waals surface area contributed by atoms with Gasteiger partial charge in [-0.05, 0) is 12.5 Å². The number of rotatable bonds is 3. The first-order chi connectivity index (χ1) is 10.9. The molecule has 0 saturated heterocycles. The van der Waals surface area contributed by atoms with E-state index in [-0.39, 0.29) is 12.2 Å². The molecule has 0 unspecified atom stereocenters. The van der Waals surface area contributed by atoms with Gasteiger partial charge in [0.25, 0.3) is 0 Å². The van der Waals surface area contributed by atoms with E-state index in [1.807, 2.05) is 13.0 Å². The zero-order valence-corrected chi connectivity index (χ0v) is 12.4. The van der Waals surface area contributed by atoms with Crippen molar-refractivity contribution in [1.82, 2.24) is 15.0 Å². The number of halogens is 3. The highest BCUT2D eigenvalue weighted by atomic mass is 19.4. The third-order valence-electron chi connectivity index (χ3n) is 3.50. The van der Waals surface area contributed by atoms with Crippen LogP contribution in [0, 0.1) is 6.92 Å². The van der Waals surface area contributed by atoms with Gasteiger partial charge >= 0.3 is 6.18 Å². The maximum Gasteiger partial charge on any atom is 0.435 e. The Hall–Kier alpha value is -2.63. The van der Waals surface area contributed by atoms with E-state index in [9.17, 15) is 13.2 Å². The van der Waals surface area contributed by atoms with E-state index in [2.05, 4.69) is 10.3 Å². The van der Waals surface area contributed by atoms with Gasteiger partial charge in [0.2, 0.25) is 0 Å². The minimum absolute atomic E-state index is 0.0224. The van der Waals surface area contributed by atoms with Crippen molar-refractivity contribution < 1.29 is 13.2 Å². The summed E-state index contributed by atoms with van der Waals surface area (Å²) in [5.41, 5.74) is 1.14. The van der Waals surface area contributed by atoms with Crippen LogP contribution in [0.2, 0.25) is 0 Å². The molecule has 6 heteroatoms. The topological polar surface area (TPSA) is 30.7 Å². The summed E-state index contributed by atoms with van der Waals surface area (Å²) < 4.78 is 41.4. The van der Waals surface area contributed by atoms with Crippen molar-refractivity contribution in [3.05, 3.63) is 71.4 Å². The monoisotopic (exact) mass is 317 g/mol. The van der Waals surface area contributed by atoms with Gasteiger partial charge in [-0.3, -0.25) is 0 Å². The Bertz CT molecular complexity index is 790. The minimum Gasteiger partial charge on any atom is -0.235 e. The van der Waals surface area contributed by atoms with E-state index in [0.717, 1.165) is 15.8 Å². The van der Waals surface area contributed by atoms with Crippen LogP contribution in [-0.2, 0) is 12.7 Å². The maximum atomic E-state index is 13.5. The molecule has 0 radical (unpaired) electrons. The molecule has 0 atom stereocenters. The maximum absolute atomic E-state index is 13.5. The Labute approximate surface area is 131 Å². The predicted molar refractivity (Wildman–Crippen MR) is 80.7 cm³/mol. The Morgan fingerprint density at radius 3 is 2.22 bits per heavy atom. The van der Waals surface area contributed by atoms with Crippen LogP contribution in [0.3, 0.4) is 0 Å². The van der Waals surface area contributed by atoms with Crippen LogP contribution in [0.25, 0.3) is 11.3 Å². The third-order valence-corrected chi connectivity index (χ3v) is 3.50. The molecule has 118 valence electrons. The summed E-state index contributed by atoms with van der Waals surface area (Å²) in [4.78, 5) is 0. The van der Waals surface area contributed by atoms with Gasteiger partial charge < -0.3 is 0 Å². The first-order valence-electron chi connectivity index (χ1n) is 7.07. The van der Waals surface area contributed by atoms with Gasteiger partial charge in [0, 0.05) is 5.56 Å². The van der Waals surface area contributed by atoms with Crippen molar-refractivity contribution in [3.63, 3.8) is 0 Å². The molecule has 0 aliphatic heterocycles. The summed E-state index contributed by atoms with van der Waals surface area (Å²) >= 11 is 0. The number of aromatic nitrogens is 3. The minimum atomic E-state index is -4.53. The molecule has 0 amide bonds. The van der Waals surface area contributed by atoms with Crippen LogP contribution in [0.5, 0.6) is 0 Å². The molecule has 1 aromatic heterocycles. The number of alkyl halides is 3. The van der Waals surface area contributed by atoms with Gasteiger partial charge in [-0.2, -0.15) is 13.2 Å². The summed E-state index contributed by atoms with van der Waals surface area (Å²) in [7, 11) is 0. The number of hydrogen-bond acceptors (Lipinski definition) is 2. The molecule has 3 nitrogen and oxygen atoms in total. The smallest absolute Gasteiger partial charge is 0.235 e. The van der Waals surface area contributed by atoms with Crippen molar-refractivity contribution in [2.24, 2.45) is 0 Å². The fraction of sp³-hybridized carbons (Fsp3) is 0.176. The summed E-state index contributed by atoms with van der Waals surface area (Å²) in [5.74, 6) is 0. The van der Waals surface area contributed by atoms with E-state index in [1.54, 1.807) is 48.5 Å². The zero-order chi connectivity index (χ0) is 16.4. The fourth-order valence-corrected chi connectivity index (χ4v) is 2.37. The second-order valence-corrected chi connectivity index (χ2v) is 5.29. The first-order valence-corrected chi connectivity index (χ1v) is 7.07. The summed E-state index contributed by atoms with van der Waals surface area (Å²) in [6.45, 7) is 1.90. The average Bonchev–Trinajstić information content (AvgIpc) is 2.93. The van der Waals surface area contributed by atoms with Crippen LogP contribution in [0.1, 0.15) is 16.8 Å². The molecular weight excluding hydrogens is 303 g/mol. The lowest BCUT2D eigenvalue weighted by Gasteiger charge is -2.11. The lowest BCUT2D eigenvalue weighted by molar-refractivity contribution is -0.143. The van der Waals surface area contributed by atoms with Crippen LogP contribution >= 0.6 is 0 Å². The van der Waals surface area contributed by atoms with Crippen molar-refractivity contribution in [3.8, 4) is 11.3 Å². The summed E-state index contributed by atoms with van der Waals surface area (Å²) in [6.07, 6.45) is -4.53. The normalized spacial score (nSPS) is 11.7. The number of nitrogens with zero attached hydrogens (tertiary/aromatic N) is 3. The second-order valence-electron chi connectivity index (χ2n) is 5.29. The molecule has 0 aliphatic carbocycles. The van der Waals surface area contributed by atoms with E-state index in [0.29, 0.717) is 5.56 Å². The lowest BCUT2D eigenvalue weighted by Crippen LogP contribution is -2.16. The molecule has 3 rings (SSSR count). The van der Waals surface area contributed by atoms with E-state index < -0.39 is 11.9 Å².